The molecule has 2 rings (SSSR count). The molecule has 2 heterocycles. The number of nitrogens with zero attached hydrogens (tertiary/aromatic N) is 2. The molecule has 0 spiro atoms. The molecule has 3 nitrogen and oxygen atoms in total. The Bertz CT molecular complexity index is 228. The average Bonchev–Trinajstić information content (AvgIpc) is 2.87. The Kier molecular flexibility index (Phi) is 1.51. The van der Waals surface area contributed by atoms with Crippen LogP contribution in [0, 0.1) is 0 Å². The van der Waals surface area contributed by atoms with Crippen LogP contribution in [0.3, 0.4) is 0 Å². The van der Waals surface area contributed by atoms with E-state index in [1.807, 2.05) is 18.4 Å². The normalized spacial score (nSPS) is 23.3. The number of carbonyl (C=O) groups is 1. The van der Waals surface area contributed by atoms with Gasteiger partial charge in [0.15, 0.2) is 0 Å². The van der Waals surface area contributed by atoms with E-state index in [2.05, 4.69) is 10.0 Å². The van der Waals surface area contributed by atoms with Crippen LogP contribution in [-0.4, -0.2) is 35.9 Å². The van der Waals surface area contributed by atoms with Gasteiger partial charge < -0.3 is 5.01 Å². The van der Waals surface area contributed by atoms with E-state index in [0.29, 0.717) is 0 Å². The molecule has 58 valence electrons. The number of allylic oxidation sites excluding steroid dienone is 2. The molecule has 0 radical (unpaired) electrons. The predicted molar refractivity (Wildman–Crippen MR) is 41.6 cm³/mol. The fraction of sp³-hybridized carbons (Fsp3) is 0.375. The molecular weight excluding hydrogens is 140 g/mol. The summed E-state index contributed by atoms with van der Waals surface area (Å²) in [4.78, 5) is 10.4. The summed E-state index contributed by atoms with van der Waals surface area (Å²) in [5.41, 5.74) is 0.847. The van der Waals surface area contributed by atoms with Crippen molar-refractivity contribution in [3.8, 4) is 0 Å². The minimum absolute atomic E-state index is 0.736. The SMILES string of the molecule is O=CC1=CC=CN(N2CC2)C1. The van der Waals surface area contributed by atoms with Crippen molar-refractivity contribution in [2.75, 3.05) is 19.6 Å². The summed E-state index contributed by atoms with van der Waals surface area (Å²) in [5.74, 6) is 0. The topological polar surface area (TPSA) is 23.3 Å². The van der Waals surface area contributed by atoms with E-state index in [-0.39, 0.29) is 0 Å². The Balaban J connectivity index is 2.03. The summed E-state index contributed by atoms with van der Waals surface area (Å²) in [6.45, 7) is 2.98. The van der Waals surface area contributed by atoms with Crippen LogP contribution < -0.4 is 0 Å². The quantitative estimate of drug-likeness (QED) is 0.414. The Morgan fingerprint density at radius 3 is 2.91 bits per heavy atom. The molecule has 0 aromatic heterocycles. The van der Waals surface area contributed by atoms with Gasteiger partial charge in [0.2, 0.25) is 0 Å². The van der Waals surface area contributed by atoms with Gasteiger partial charge in [-0.25, -0.2) is 5.01 Å². The second-order valence-electron chi connectivity index (χ2n) is 2.75. The van der Waals surface area contributed by atoms with Crippen LogP contribution in [0.1, 0.15) is 0 Å². The molecule has 11 heavy (non-hydrogen) atoms. The van der Waals surface area contributed by atoms with Gasteiger partial charge in [-0.05, 0) is 6.08 Å². The third-order valence-corrected chi connectivity index (χ3v) is 1.85. The predicted octanol–water partition coefficient (Wildman–Crippen LogP) is 0.172. The molecule has 0 N–H and O–H groups in total. The van der Waals surface area contributed by atoms with Gasteiger partial charge in [-0.2, -0.15) is 0 Å². The molecule has 0 atom stereocenters. The highest BCUT2D eigenvalue weighted by atomic mass is 16.1. The summed E-state index contributed by atoms with van der Waals surface area (Å²) in [6, 6.07) is 0. The maximum Gasteiger partial charge on any atom is 0.147 e. The van der Waals surface area contributed by atoms with Gasteiger partial charge in [0.05, 0.1) is 6.54 Å². The lowest BCUT2D eigenvalue weighted by Gasteiger charge is -2.22. The van der Waals surface area contributed by atoms with E-state index in [4.69, 9.17) is 0 Å². The summed E-state index contributed by atoms with van der Waals surface area (Å²) >= 11 is 0. The third-order valence-electron chi connectivity index (χ3n) is 1.85. The van der Waals surface area contributed by atoms with Crippen molar-refractivity contribution in [2.45, 2.75) is 0 Å². The van der Waals surface area contributed by atoms with Crippen LogP contribution in [0.5, 0.6) is 0 Å². The van der Waals surface area contributed by atoms with E-state index in [0.717, 1.165) is 31.5 Å². The molecule has 0 saturated carbocycles. The van der Waals surface area contributed by atoms with Crippen molar-refractivity contribution in [3.63, 3.8) is 0 Å². The fourth-order valence-electron chi connectivity index (χ4n) is 1.13. The van der Waals surface area contributed by atoms with E-state index in [1.165, 1.54) is 0 Å². The van der Waals surface area contributed by atoms with E-state index < -0.39 is 0 Å². The van der Waals surface area contributed by atoms with Crippen LogP contribution >= 0.6 is 0 Å². The Hall–Kier alpha value is -1.09. The minimum atomic E-state index is 0.736. The van der Waals surface area contributed by atoms with Crippen molar-refractivity contribution < 1.29 is 4.79 Å². The Labute approximate surface area is 65.6 Å². The number of carbonyl (C=O) groups excluding carboxylic acids is 1. The first kappa shape index (κ1) is 6.61. The highest BCUT2D eigenvalue weighted by Crippen LogP contribution is 2.14. The molecule has 0 aromatic carbocycles. The average molecular weight is 150 g/mol. The molecule has 0 aliphatic carbocycles. The van der Waals surface area contributed by atoms with E-state index >= 15 is 0 Å². The Morgan fingerprint density at radius 1 is 1.45 bits per heavy atom. The van der Waals surface area contributed by atoms with Gasteiger partial charge in [-0.3, -0.25) is 4.79 Å². The molecule has 0 bridgehead atoms. The minimum Gasteiger partial charge on any atom is -0.308 e. The zero-order valence-electron chi connectivity index (χ0n) is 6.23. The monoisotopic (exact) mass is 150 g/mol. The molecule has 1 fully saturated rings. The van der Waals surface area contributed by atoms with Crippen LogP contribution in [-0.2, 0) is 4.79 Å². The summed E-state index contributed by atoms with van der Waals surface area (Å²) in [5, 5.41) is 4.26. The van der Waals surface area contributed by atoms with Crippen LogP contribution in [0.15, 0.2) is 23.9 Å². The third kappa shape index (κ3) is 1.33. The number of hydrogen-bond donors (Lipinski definition) is 0. The van der Waals surface area contributed by atoms with Gasteiger partial charge in [0.25, 0.3) is 0 Å². The first-order valence-electron chi connectivity index (χ1n) is 3.74. The van der Waals surface area contributed by atoms with Crippen molar-refractivity contribution >= 4 is 6.29 Å². The first-order chi connectivity index (χ1) is 5.40. The molecule has 3 heteroatoms. The zero-order chi connectivity index (χ0) is 7.68. The standard InChI is InChI=1S/C8H10N2O/c11-7-8-2-1-3-10(6-8)9-4-5-9/h1-3,7H,4-6H2. The number of hydrazine groups is 1. The molecular formula is C8H10N2O. The van der Waals surface area contributed by atoms with Crippen molar-refractivity contribution in [3.05, 3.63) is 23.9 Å². The van der Waals surface area contributed by atoms with Gasteiger partial charge in [-0.1, -0.05) is 6.08 Å². The number of hydrogen-bond acceptors (Lipinski definition) is 3. The van der Waals surface area contributed by atoms with Crippen molar-refractivity contribution in [1.29, 1.82) is 0 Å². The Morgan fingerprint density at radius 2 is 2.27 bits per heavy atom. The molecule has 2 aliphatic rings. The van der Waals surface area contributed by atoms with Gasteiger partial charge in [-0.15, -0.1) is 0 Å². The van der Waals surface area contributed by atoms with E-state index in [9.17, 15) is 4.79 Å². The fourth-order valence-corrected chi connectivity index (χ4v) is 1.13. The molecule has 2 aliphatic heterocycles. The summed E-state index contributed by atoms with van der Waals surface area (Å²) in [7, 11) is 0. The second-order valence-corrected chi connectivity index (χ2v) is 2.75. The van der Waals surface area contributed by atoms with Gasteiger partial charge in [0.1, 0.15) is 6.29 Å². The molecule has 0 amide bonds. The van der Waals surface area contributed by atoms with Gasteiger partial charge in [0, 0.05) is 24.9 Å². The van der Waals surface area contributed by atoms with Crippen LogP contribution in [0.2, 0.25) is 0 Å². The lowest BCUT2D eigenvalue weighted by molar-refractivity contribution is -0.105. The molecule has 1 saturated heterocycles. The lowest BCUT2D eigenvalue weighted by atomic mass is 10.2. The molecule has 0 aromatic rings. The van der Waals surface area contributed by atoms with E-state index in [1.54, 1.807) is 0 Å². The van der Waals surface area contributed by atoms with Crippen LogP contribution in [0.25, 0.3) is 0 Å². The zero-order valence-corrected chi connectivity index (χ0v) is 6.23. The van der Waals surface area contributed by atoms with Gasteiger partial charge >= 0.3 is 0 Å². The van der Waals surface area contributed by atoms with Crippen molar-refractivity contribution in [1.82, 2.24) is 10.0 Å². The maximum absolute atomic E-state index is 10.4. The molecule has 0 unspecified atom stereocenters. The maximum atomic E-state index is 10.4. The number of rotatable bonds is 2. The van der Waals surface area contributed by atoms with Crippen molar-refractivity contribution in [2.24, 2.45) is 0 Å². The second kappa shape index (κ2) is 2.51. The lowest BCUT2D eigenvalue weighted by Crippen LogP contribution is -2.27. The number of aldehydes is 1. The largest absolute Gasteiger partial charge is 0.308 e. The highest BCUT2D eigenvalue weighted by Gasteiger charge is 2.24. The summed E-state index contributed by atoms with van der Waals surface area (Å²) < 4.78 is 0. The first-order valence-corrected chi connectivity index (χ1v) is 3.74. The smallest absolute Gasteiger partial charge is 0.147 e. The summed E-state index contributed by atoms with van der Waals surface area (Å²) in [6.07, 6.45) is 6.68. The van der Waals surface area contributed by atoms with Crippen LogP contribution in [0.4, 0.5) is 0 Å². The highest BCUT2D eigenvalue weighted by molar-refractivity contribution is 5.74.